The van der Waals surface area contributed by atoms with Crippen molar-refractivity contribution < 1.29 is 0 Å². The summed E-state index contributed by atoms with van der Waals surface area (Å²) in [6.07, 6.45) is 5.21. The topological polar surface area (TPSA) is 52.2 Å². The van der Waals surface area contributed by atoms with Crippen LogP contribution in [0.25, 0.3) is 16.9 Å². The van der Waals surface area contributed by atoms with E-state index in [-0.39, 0.29) is 5.56 Å². The quantitative estimate of drug-likeness (QED) is 0.683. The van der Waals surface area contributed by atoms with Crippen LogP contribution < -0.4 is 5.56 Å². The van der Waals surface area contributed by atoms with Crippen molar-refractivity contribution in [1.29, 1.82) is 0 Å². The molecule has 5 heteroatoms. The first-order valence-electron chi connectivity index (χ1n) is 5.79. The molecule has 0 atom stereocenters. The number of hydrogen-bond acceptors (Lipinski definition) is 3. The van der Waals surface area contributed by atoms with Crippen molar-refractivity contribution in [2.24, 2.45) is 0 Å². The molecule has 0 fully saturated rings. The number of aromatic nitrogens is 4. The Morgan fingerprint density at radius 1 is 1.22 bits per heavy atom. The summed E-state index contributed by atoms with van der Waals surface area (Å²) in [6, 6.07) is 7.20. The van der Waals surface area contributed by atoms with E-state index in [0.29, 0.717) is 0 Å². The number of aryl methyl sites for hydroxylation is 1. The molecule has 0 aliphatic heterocycles. The Labute approximate surface area is 103 Å². The van der Waals surface area contributed by atoms with E-state index in [0.717, 1.165) is 23.4 Å². The number of pyridine rings is 1. The molecule has 0 aromatic carbocycles. The summed E-state index contributed by atoms with van der Waals surface area (Å²) in [5.74, 6) is 0. The summed E-state index contributed by atoms with van der Waals surface area (Å²) in [5, 5.41) is 4.35. The van der Waals surface area contributed by atoms with Crippen LogP contribution in [0.5, 0.6) is 0 Å². The molecule has 0 bridgehead atoms. The second-order valence-electron chi connectivity index (χ2n) is 3.98. The van der Waals surface area contributed by atoms with Crippen LogP contribution in [0, 0.1) is 0 Å². The summed E-state index contributed by atoms with van der Waals surface area (Å²) in [4.78, 5) is 15.7. The standard InChI is InChI=1S/C13H12N4O/c1-2-16-8-5-13(18)17-12(16)9-11(15-17)10-3-6-14-7-4-10/h3-9H,2H2,1H3. The molecule has 18 heavy (non-hydrogen) atoms. The molecule has 3 aromatic heterocycles. The van der Waals surface area contributed by atoms with E-state index in [1.54, 1.807) is 18.6 Å². The Morgan fingerprint density at radius 3 is 2.72 bits per heavy atom. The summed E-state index contributed by atoms with van der Waals surface area (Å²) in [5.41, 5.74) is 2.42. The number of hydrogen-bond donors (Lipinski definition) is 0. The molecule has 0 saturated carbocycles. The molecule has 3 heterocycles. The Balaban J connectivity index is 2.29. The maximum atomic E-state index is 11.8. The zero-order valence-electron chi connectivity index (χ0n) is 9.95. The third kappa shape index (κ3) is 1.60. The van der Waals surface area contributed by atoms with Crippen LogP contribution in [0.2, 0.25) is 0 Å². The lowest BCUT2D eigenvalue weighted by atomic mass is 10.2. The van der Waals surface area contributed by atoms with Crippen LogP contribution in [0.4, 0.5) is 0 Å². The Bertz CT molecular complexity index is 743. The largest absolute Gasteiger partial charge is 0.333 e. The van der Waals surface area contributed by atoms with E-state index in [1.165, 1.54) is 10.6 Å². The molecule has 3 aromatic rings. The van der Waals surface area contributed by atoms with Gasteiger partial charge in [-0.1, -0.05) is 0 Å². The molecule has 0 aliphatic carbocycles. The van der Waals surface area contributed by atoms with Crippen LogP contribution in [-0.4, -0.2) is 19.2 Å². The third-order valence-corrected chi connectivity index (χ3v) is 2.91. The predicted octanol–water partition coefficient (Wildman–Crippen LogP) is 1.58. The normalized spacial score (nSPS) is 10.9. The molecule has 90 valence electrons. The van der Waals surface area contributed by atoms with Crippen LogP contribution >= 0.6 is 0 Å². The number of nitrogens with zero attached hydrogens (tertiary/aromatic N) is 4. The molecule has 0 spiro atoms. The summed E-state index contributed by atoms with van der Waals surface area (Å²) in [7, 11) is 0. The van der Waals surface area contributed by atoms with Crippen molar-refractivity contribution in [2.75, 3.05) is 0 Å². The van der Waals surface area contributed by atoms with E-state index in [1.807, 2.05) is 29.7 Å². The average Bonchev–Trinajstić information content (AvgIpc) is 2.86. The molecule has 0 radical (unpaired) electrons. The molecular formula is C13H12N4O. The van der Waals surface area contributed by atoms with Gasteiger partial charge in [-0.15, -0.1) is 0 Å². The molecule has 3 rings (SSSR count). The predicted molar refractivity (Wildman–Crippen MR) is 68.4 cm³/mol. The van der Waals surface area contributed by atoms with Gasteiger partial charge in [-0.2, -0.15) is 9.61 Å². The fourth-order valence-corrected chi connectivity index (χ4v) is 1.97. The minimum atomic E-state index is -0.116. The van der Waals surface area contributed by atoms with E-state index in [2.05, 4.69) is 10.1 Å². The molecule has 0 N–H and O–H groups in total. The zero-order chi connectivity index (χ0) is 12.5. The minimum absolute atomic E-state index is 0.116. The maximum Gasteiger partial charge on any atom is 0.274 e. The monoisotopic (exact) mass is 240 g/mol. The van der Waals surface area contributed by atoms with E-state index in [9.17, 15) is 4.79 Å². The Hall–Kier alpha value is -2.43. The van der Waals surface area contributed by atoms with Crippen molar-refractivity contribution >= 4 is 5.65 Å². The fraction of sp³-hybridized carbons (Fsp3) is 0.154. The summed E-state index contributed by atoms with van der Waals surface area (Å²) in [6.45, 7) is 2.83. The number of fused-ring (bicyclic) bond motifs is 1. The van der Waals surface area contributed by atoms with Gasteiger partial charge in [-0.3, -0.25) is 9.78 Å². The maximum absolute atomic E-state index is 11.8. The molecule has 0 aliphatic rings. The molecule has 0 amide bonds. The van der Waals surface area contributed by atoms with Gasteiger partial charge in [0.1, 0.15) is 5.65 Å². The van der Waals surface area contributed by atoms with Crippen molar-refractivity contribution in [1.82, 2.24) is 19.2 Å². The van der Waals surface area contributed by atoms with Gasteiger partial charge in [0.2, 0.25) is 0 Å². The lowest BCUT2D eigenvalue weighted by Gasteiger charge is -2.02. The van der Waals surface area contributed by atoms with Crippen molar-refractivity contribution in [3.63, 3.8) is 0 Å². The first-order chi connectivity index (χ1) is 8.79. The Kier molecular flexibility index (Phi) is 2.44. The van der Waals surface area contributed by atoms with Gasteiger partial charge in [0, 0.05) is 42.8 Å². The van der Waals surface area contributed by atoms with Crippen molar-refractivity contribution in [2.45, 2.75) is 13.5 Å². The third-order valence-electron chi connectivity index (χ3n) is 2.91. The van der Waals surface area contributed by atoms with Crippen molar-refractivity contribution in [3.8, 4) is 11.3 Å². The van der Waals surface area contributed by atoms with Gasteiger partial charge < -0.3 is 4.57 Å². The highest BCUT2D eigenvalue weighted by Crippen LogP contribution is 2.17. The average molecular weight is 240 g/mol. The molecular weight excluding hydrogens is 228 g/mol. The van der Waals surface area contributed by atoms with Crippen LogP contribution in [0.15, 0.2) is 47.7 Å². The highest BCUT2D eigenvalue weighted by molar-refractivity contribution is 5.63. The molecule has 0 unspecified atom stereocenters. The fourth-order valence-electron chi connectivity index (χ4n) is 1.97. The first kappa shape index (κ1) is 10.7. The van der Waals surface area contributed by atoms with E-state index >= 15 is 0 Å². The zero-order valence-corrected chi connectivity index (χ0v) is 9.95. The molecule has 5 nitrogen and oxygen atoms in total. The van der Waals surface area contributed by atoms with Crippen molar-refractivity contribution in [3.05, 3.63) is 53.2 Å². The van der Waals surface area contributed by atoms with Crippen LogP contribution in [-0.2, 0) is 6.54 Å². The minimum Gasteiger partial charge on any atom is -0.333 e. The van der Waals surface area contributed by atoms with Gasteiger partial charge in [0.05, 0.1) is 5.69 Å². The Morgan fingerprint density at radius 2 is 2.00 bits per heavy atom. The van der Waals surface area contributed by atoms with Crippen LogP contribution in [0.1, 0.15) is 6.92 Å². The summed E-state index contributed by atoms with van der Waals surface area (Å²) >= 11 is 0. The van der Waals surface area contributed by atoms with Gasteiger partial charge >= 0.3 is 0 Å². The lowest BCUT2D eigenvalue weighted by Crippen LogP contribution is -2.16. The van der Waals surface area contributed by atoms with Gasteiger partial charge in [-0.05, 0) is 19.1 Å². The second-order valence-corrected chi connectivity index (χ2v) is 3.98. The molecule has 0 saturated heterocycles. The van der Waals surface area contributed by atoms with Gasteiger partial charge in [-0.25, -0.2) is 0 Å². The van der Waals surface area contributed by atoms with E-state index < -0.39 is 0 Å². The summed E-state index contributed by atoms with van der Waals surface area (Å²) < 4.78 is 3.42. The van der Waals surface area contributed by atoms with Crippen LogP contribution in [0.3, 0.4) is 0 Å². The van der Waals surface area contributed by atoms with E-state index in [4.69, 9.17) is 0 Å². The second kappa shape index (κ2) is 4.10. The SMILES string of the molecule is CCn1ccc(=O)n2nc(-c3ccncc3)cc12. The first-order valence-corrected chi connectivity index (χ1v) is 5.79. The van der Waals surface area contributed by atoms with Gasteiger partial charge in [0.15, 0.2) is 0 Å². The van der Waals surface area contributed by atoms with Gasteiger partial charge in [0.25, 0.3) is 5.56 Å². The number of rotatable bonds is 2. The smallest absolute Gasteiger partial charge is 0.274 e. The highest BCUT2D eigenvalue weighted by Gasteiger charge is 2.08. The highest BCUT2D eigenvalue weighted by atomic mass is 16.1. The lowest BCUT2D eigenvalue weighted by molar-refractivity contribution is 0.739.